The average Bonchev–Trinajstić information content (AvgIpc) is 3.77. The van der Waals surface area contributed by atoms with Crippen LogP contribution >= 0.6 is 34.5 Å². The Hall–Kier alpha value is -3.71. The molecule has 3 N–H and O–H groups in total. The molecule has 0 radical (unpaired) electrons. The standard InChI is InChI=1S/C38H41Cl2N3O6S.H2O/c1-43-16-13-24(14-17-43)23-48-37(45)38(15-12-25-6-4-5-7-29(25)38)42-20-27-9-11-35(50-27)36(44)49-33(19-28-30(39)21-41-22-31(28)40)26-8-10-32(46-2)34(18-26)47-3;/h4-11,18,21-22,24,33,42H,12-17,19-20,23H2,1-3H3;1H2/t33-,38?;/m0./s1. The predicted octanol–water partition coefficient (Wildman–Crippen LogP) is 6.67. The number of nitrogens with zero attached hydrogens (tertiary/aromatic N) is 1. The van der Waals surface area contributed by atoms with Gasteiger partial charge in [0.1, 0.15) is 26.6 Å². The number of benzene rings is 2. The second-order valence-electron chi connectivity index (χ2n) is 12.9. The zero-order chi connectivity index (χ0) is 35.3. The van der Waals surface area contributed by atoms with E-state index in [1.165, 1.54) is 11.3 Å². The van der Waals surface area contributed by atoms with Crippen LogP contribution in [0.25, 0.3) is 0 Å². The summed E-state index contributed by atoms with van der Waals surface area (Å²) >= 11 is 14.3. The number of esters is 2. The Morgan fingerprint density at radius 3 is 2.47 bits per heavy atom. The zero-order valence-corrected chi connectivity index (χ0v) is 31.2. The first kappa shape index (κ1) is 38.5. The van der Waals surface area contributed by atoms with Crippen LogP contribution in [0.15, 0.2) is 67.0 Å². The number of carbonyl (C=O) groups is 2. The number of aromatic amines is 1. The van der Waals surface area contributed by atoms with Crippen LogP contribution in [0, 0.1) is 5.92 Å². The van der Waals surface area contributed by atoms with E-state index in [1.807, 2.05) is 30.3 Å². The van der Waals surface area contributed by atoms with Crippen molar-refractivity contribution in [3.8, 4) is 11.5 Å². The van der Waals surface area contributed by atoms with Crippen molar-refractivity contribution in [2.45, 2.75) is 50.3 Å². The Kier molecular flexibility index (Phi) is 13.0. The van der Waals surface area contributed by atoms with Crippen LogP contribution in [0.2, 0.25) is 10.0 Å². The number of hydrogen-bond acceptors (Lipinski definition) is 10. The second kappa shape index (κ2) is 17.2. The molecule has 6 rings (SSSR count). The van der Waals surface area contributed by atoms with Crippen LogP contribution in [0.3, 0.4) is 0 Å². The Morgan fingerprint density at radius 2 is 1.75 bits per heavy atom. The summed E-state index contributed by atoms with van der Waals surface area (Å²) in [5, 5.41) is 4.42. The molecule has 0 bridgehead atoms. The smallest absolute Gasteiger partial charge is 0.348 e. The minimum absolute atomic E-state index is 0. The number of likely N-dealkylation sites (tertiary alicyclic amines) is 1. The van der Waals surface area contributed by atoms with Crippen molar-refractivity contribution in [3.05, 3.63) is 109 Å². The Labute approximate surface area is 312 Å². The highest BCUT2D eigenvalue weighted by Crippen LogP contribution is 2.40. The monoisotopic (exact) mass is 755 g/mol. The number of aromatic nitrogens is 1. The highest BCUT2D eigenvalue weighted by Gasteiger charge is 2.46. The summed E-state index contributed by atoms with van der Waals surface area (Å²) in [6, 6.07) is 17.1. The molecule has 10 nitrogen and oxygen atoms in total. The van der Waals surface area contributed by atoms with Crippen molar-refractivity contribution >= 4 is 46.5 Å². The van der Waals surface area contributed by atoms with E-state index in [-0.39, 0.29) is 17.9 Å². The van der Waals surface area contributed by atoms with Crippen molar-refractivity contribution < 1.29 is 39.0 Å². The number of aryl methyl sites for hydroxylation is 1. The fourth-order valence-corrected chi connectivity index (χ4v) is 8.13. The number of halogens is 2. The van der Waals surface area contributed by atoms with E-state index >= 15 is 0 Å². The van der Waals surface area contributed by atoms with Gasteiger partial charge in [-0.3, -0.25) is 5.32 Å². The lowest BCUT2D eigenvalue weighted by Gasteiger charge is -2.32. The van der Waals surface area contributed by atoms with Gasteiger partial charge in [-0.25, -0.2) is 14.6 Å². The number of ether oxygens (including phenoxy) is 4. The van der Waals surface area contributed by atoms with E-state index in [0.29, 0.717) is 63.0 Å². The third kappa shape index (κ3) is 8.68. The molecular formula is C38H43Cl2N3O7S. The first-order valence-corrected chi connectivity index (χ1v) is 18.3. The summed E-state index contributed by atoms with van der Waals surface area (Å²) in [6.45, 7) is 2.82. The molecule has 0 saturated carbocycles. The van der Waals surface area contributed by atoms with Gasteiger partial charge in [-0.15, -0.1) is 11.3 Å². The van der Waals surface area contributed by atoms with Gasteiger partial charge in [0.2, 0.25) is 0 Å². The van der Waals surface area contributed by atoms with Crippen LogP contribution in [-0.4, -0.2) is 63.3 Å². The van der Waals surface area contributed by atoms with Crippen molar-refractivity contribution in [2.24, 2.45) is 5.92 Å². The minimum Gasteiger partial charge on any atom is -0.870 e. The van der Waals surface area contributed by atoms with Crippen LogP contribution in [0.1, 0.15) is 62.2 Å². The lowest BCUT2D eigenvalue weighted by molar-refractivity contribution is -0.377. The quantitative estimate of drug-likeness (QED) is 0.149. The molecule has 0 amide bonds. The summed E-state index contributed by atoms with van der Waals surface area (Å²) in [5.41, 5.74) is 2.47. The number of pyridine rings is 1. The molecular weight excluding hydrogens is 713 g/mol. The summed E-state index contributed by atoms with van der Waals surface area (Å²) in [6.07, 6.45) is 6.19. The molecule has 2 aromatic heterocycles. The number of carbonyl (C=O) groups excluding carboxylic acids is 2. The topological polar surface area (TPSA) is 130 Å². The highest BCUT2D eigenvalue weighted by molar-refractivity contribution is 7.13. The van der Waals surface area contributed by atoms with Crippen molar-refractivity contribution in [2.75, 3.05) is 41.0 Å². The fraction of sp³-hybridized carbons (Fsp3) is 0.395. The number of hydrogen-bond donors (Lipinski definition) is 1. The van der Waals surface area contributed by atoms with Gasteiger partial charge in [-0.2, -0.15) is 0 Å². The summed E-state index contributed by atoms with van der Waals surface area (Å²) in [4.78, 5) is 34.1. The molecule has 0 spiro atoms. The Morgan fingerprint density at radius 1 is 1.02 bits per heavy atom. The molecule has 1 saturated heterocycles. The zero-order valence-electron chi connectivity index (χ0n) is 28.9. The molecule has 2 atom stereocenters. The van der Waals surface area contributed by atoms with Crippen molar-refractivity contribution in [3.63, 3.8) is 0 Å². The van der Waals surface area contributed by atoms with Gasteiger partial charge in [0.15, 0.2) is 23.9 Å². The number of thiophene rings is 1. The van der Waals surface area contributed by atoms with Crippen molar-refractivity contribution in [1.82, 2.24) is 10.2 Å². The molecule has 3 heterocycles. The van der Waals surface area contributed by atoms with Gasteiger partial charge in [0.25, 0.3) is 0 Å². The molecule has 1 fully saturated rings. The number of piperidine rings is 1. The maximum absolute atomic E-state index is 13.9. The van der Waals surface area contributed by atoms with E-state index in [9.17, 15) is 9.59 Å². The van der Waals surface area contributed by atoms with Gasteiger partial charge in [0, 0.05) is 23.4 Å². The third-order valence-corrected chi connectivity index (χ3v) is 11.5. The number of fused-ring (bicyclic) bond motifs is 1. The largest absolute Gasteiger partial charge is 0.870 e. The molecule has 1 aliphatic heterocycles. The van der Waals surface area contributed by atoms with E-state index in [2.05, 4.69) is 28.3 Å². The number of rotatable bonds is 13. The molecule has 2 aliphatic rings. The van der Waals surface area contributed by atoms with Gasteiger partial charge < -0.3 is 29.3 Å². The number of nitrogens with one attached hydrogen (secondary N) is 2. The minimum atomic E-state index is -0.961. The molecule has 2 aromatic carbocycles. The van der Waals surface area contributed by atoms with Gasteiger partial charge in [-0.05, 0) is 92.7 Å². The molecule has 1 unspecified atom stereocenters. The summed E-state index contributed by atoms with van der Waals surface area (Å²) in [5.74, 6) is 0.682. The third-order valence-electron chi connectivity index (χ3n) is 9.73. The summed E-state index contributed by atoms with van der Waals surface area (Å²) in [7, 11) is 5.23. The molecule has 4 aromatic rings. The lowest BCUT2D eigenvalue weighted by atomic mass is 9.91. The van der Waals surface area contributed by atoms with Gasteiger partial charge in [0.05, 0.1) is 20.8 Å². The molecule has 1 aliphatic carbocycles. The van der Waals surface area contributed by atoms with E-state index in [4.69, 9.17) is 42.1 Å². The lowest BCUT2D eigenvalue weighted by Crippen LogP contribution is -2.48. The molecule has 272 valence electrons. The SMILES string of the molecule is COc1ccc([C@H](Cc2c(Cl)c[nH+]cc2Cl)OC(=O)c2ccc(CNC3(C(=O)OCC4CCN(C)CC4)CCc4ccccc43)s2)cc1OC.[OH-]. The number of H-pyrrole nitrogens is 1. The maximum atomic E-state index is 13.9. The van der Waals surface area contributed by atoms with Gasteiger partial charge >= 0.3 is 11.9 Å². The van der Waals surface area contributed by atoms with Crippen molar-refractivity contribution in [1.29, 1.82) is 0 Å². The normalized spacial score (nSPS) is 18.0. The predicted molar refractivity (Wildman–Crippen MR) is 195 cm³/mol. The Balaban J connectivity index is 0.00000504. The maximum Gasteiger partial charge on any atom is 0.348 e. The number of methoxy groups -OCH3 is 2. The van der Waals surface area contributed by atoms with Gasteiger partial charge in [-0.1, -0.05) is 53.5 Å². The molecule has 13 heteroatoms. The Bertz CT molecular complexity index is 1810. The van der Waals surface area contributed by atoms with Crippen LogP contribution in [0.5, 0.6) is 11.5 Å². The van der Waals surface area contributed by atoms with Crippen LogP contribution in [-0.2, 0) is 39.2 Å². The van der Waals surface area contributed by atoms with Crippen LogP contribution in [0.4, 0.5) is 0 Å². The first-order valence-electron chi connectivity index (χ1n) is 16.8. The van der Waals surface area contributed by atoms with Crippen LogP contribution < -0.4 is 19.8 Å². The fourth-order valence-electron chi connectivity index (χ4n) is 6.77. The van der Waals surface area contributed by atoms with E-state index < -0.39 is 17.6 Å². The summed E-state index contributed by atoms with van der Waals surface area (Å²) < 4.78 is 23.1. The van der Waals surface area contributed by atoms with E-state index in [0.717, 1.165) is 48.4 Å². The highest BCUT2D eigenvalue weighted by atomic mass is 35.5. The molecule has 51 heavy (non-hydrogen) atoms. The van der Waals surface area contributed by atoms with E-state index in [1.54, 1.807) is 44.8 Å². The average molecular weight is 757 g/mol. The second-order valence-corrected chi connectivity index (χ2v) is 14.9. The first-order chi connectivity index (χ1) is 24.2.